The molecule has 1 aromatic heterocycles. The number of para-hydroxylation sites is 1. The van der Waals surface area contributed by atoms with Gasteiger partial charge in [-0.2, -0.15) is 0 Å². The highest BCUT2D eigenvalue weighted by Gasteiger charge is 1.86. The van der Waals surface area contributed by atoms with Gasteiger partial charge in [0.1, 0.15) is 0 Å². The topological polar surface area (TPSA) is 15.8 Å². The van der Waals surface area contributed by atoms with Crippen LogP contribution in [0.15, 0.2) is 36.4 Å². The average molecular weight is 122 g/mol. The molecule has 0 bridgehead atoms. The minimum atomic E-state index is -0.274. The smallest absolute Gasteiger partial charge is 0.0816 e. The van der Waals surface area contributed by atoms with Crippen molar-refractivity contribution >= 4 is 10.9 Å². The minimum Gasteiger partial charge on any atom is -0.361 e. The summed E-state index contributed by atoms with van der Waals surface area (Å²) in [5.41, 5.74) is 0.293. The molecule has 1 nitrogen and oxygen atoms in total. The summed E-state index contributed by atoms with van der Waals surface area (Å²) < 4.78 is 37.2. The molecule has 0 fully saturated rings. The fraction of sp³-hybridized carbons (Fsp3) is 0. The van der Waals surface area contributed by atoms with E-state index >= 15 is 0 Å². The third kappa shape index (κ3) is 0.617. The van der Waals surface area contributed by atoms with E-state index in [2.05, 4.69) is 4.98 Å². The highest BCUT2D eigenvalue weighted by molar-refractivity contribution is 5.78. The van der Waals surface area contributed by atoms with Gasteiger partial charge in [-0.15, -0.1) is 0 Å². The van der Waals surface area contributed by atoms with Gasteiger partial charge in [-0.25, -0.2) is 0 Å². The maximum absolute atomic E-state index is 7.54. The van der Waals surface area contributed by atoms with Gasteiger partial charge in [0.15, 0.2) is 0 Å². The summed E-state index contributed by atoms with van der Waals surface area (Å²) in [4.78, 5) is 2.59. The van der Waals surface area contributed by atoms with Crippen LogP contribution in [0, 0.1) is 0 Å². The van der Waals surface area contributed by atoms with Gasteiger partial charge in [-0.05, 0) is 17.5 Å². The van der Waals surface area contributed by atoms with Crippen molar-refractivity contribution in [3.8, 4) is 0 Å². The van der Waals surface area contributed by atoms with E-state index in [1.165, 1.54) is 6.07 Å². The standard InChI is InChI=1S/C8H7N/c1-2-4-8-7(3-1)5-6-9-8/h1-6,9H/i1D,2D,3D,4D,6D. The number of rotatable bonds is 0. The van der Waals surface area contributed by atoms with Gasteiger partial charge in [0.25, 0.3) is 0 Å². The quantitative estimate of drug-likeness (QED) is 0.551. The lowest BCUT2D eigenvalue weighted by atomic mass is 10.3. The normalized spacial score (nSPS) is 18.0. The molecule has 1 heterocycles. The molecular formula is C8H7N. The van der Waals surface area contributed by atoms with E-state index in [0.29, 0.717) is 10.9 Å². The van der Waals surface area contributed by atoms with E-state index < -0.39 is 0 Å². The van der Waals surface area contributed by atoms with E-state index in [4.69, 9.17) is 6.85 Å². The molecule has 0 amide bonds. The molecule has 2 rings (SSSR count). The Morgan fingerprint density at radius 3 is 3.22 bits per heavy atom. The van der Waals surface area contributed by atoms with Crippen molar-refractivity contribution in [2.45, 2.75) is 0 Å². The van der Waals surface area contributed by atoms with Crippen LogP contribution in [0.4, 0.5) is 0 Å². The van der Waals surface area contributed by atoms with E-state index in [0.717, 1.165) is 0 Å². The van der Waals surface area contributed by atoms with Crippen LogP contribution < -0.4 is 0 Å². The van der Waals surface area contributed by atoms with Crippen molar-refractivity contribution in [3.63, 3.8) is 0 Å². The predicted molar refractivity (Wildman–Crippen MR) is 38.3 cm³/mol. The molecule has 0 spiro atoms. The van der Waals surface area contributed by atoms with Crippen molar-refractivity contribution in [3.05, 3.63) is 36.4 Å². The summed E-state index contributed by atoms with van der Waals surface area (Å²) in [7, 11) is 0. The van der Waals surface area contributed by atoms with Crippen molar-refractivity contribution in [1.29, 1.82) is 0 Å². The predicted octanol–water partition coefficient (Wildman–Crippen LogP) is 2.17. The highest BCUT2D eigenvalue weighted by atomic mass is 14.6. The number of hydrogen-bond acceptors (Lipinski definition) is 0. The first-order valence-electron chi connectivity index (χ1n) is 5.08. The zero-order valence-electron chi connectivity index (χ0n) is 9.58. The molecule has 0 saturated heterocycles. The molecule has 1 N–H and O–H groups in total. The summed E-state index contributed by atoms with van der Waals surface area (Å²) in [5, 5.41) is 0.362. The molecule has 2 aromatic rings. The highest BCUT2D eigenvalue weighted by Crippen LogP contribution is 2.09. The Kier molecular flexibility index (Phi) is 0.337. The lowest BCUT2D eigenvalue weighted by molar-refractivity contribution is 1.48. The van der Waals surface area contributed by atoms with Gasteiger partial charge in [0.05, 0.1) is 6.85 Å². The Morgan fingerprint density at radius 1 is 1.33 bits per heavy atom. The number of nitrogens with one attached hydrogen (secondary N) is 1. The first-order valence-corrected chi connectivity index (χ1v) is 2.58. The van der Waals surface area contributed by atoms with Crippen LogP contribution in [0.5, 0.6) is 0 Å². The van der Waals surface area contributed by atoms with E-state index in [-0.39, 0.29) is 30.3 Å². The van der Waals surface area contributed by atoms with Crippen LogP contribution in [0.25, 0.3) is 10.9 Å². The number of fused-ring (bicyclic) bond motifs is 1. The van der Waals surface area contributed by atoms with Gasteiger partial charge in [0, 0.05) is 11.7 Å². The van der Waals surface area contributed by atoms with Crippen LogP contribution in [-0.2, 0) is 0 Å². The Balaban J connectivity index is 3.01. The Bertz CT molecular complexity index is 471. The Morgan fingerprint density at radius 2 is 2.22 bits per heavy atom. The number of aromatic nitrogens is 1. The molecule has 44 valence electrons. The number of hydrogen-bond donors (Lipinski definition) is 1. The van der Waals surface area contributed by atoms with Gasteiger partial charge in [-0.1, -0.05) is 18.1 Å². The third-order valence-corrected chi connectivity index (χ3v) is 1.13. The molecule has 0 radical (unpaired) electrons. The Labute approximate surface area is 60.3 Å². The van der Waals surface area contributed by atoms with Crippen molar-refractivity contribution < 1.29 is 6.85 Å². The fourth-order valence-electron chi connectivity index (χ4n) is 0.709. The van der Waals surface area contributed by atoms with E-state index in [1.54, 1.807) is 0 Å². The zero-order valence-corrected chi connectivity index (χ0v) is 4.58. The fourth-order valence-corrected chi connectivity index (χ4v) is 0.709. The zero-order chi connectivity index (χ0) is 10.5. The maximum atomic E-state index is 7.54. The molecule has 1 aromatic carbocycles. The van der Waals surface area contributed by atoms with Gasteiger partial charge in [0.2, 0.25) is 0 Å². The molecule has 0 atom stereocenters. The molecule has 0 aliphatic heterocycles. The van der Waals surface area contributed by atoms with Crippen molar-refractivity contribution in [1.82, 2.24) is 4.98 Å². The lowest BCUT2D eigenvalue weighted by Gasteiger charge is -1.83. The summed E-state index contributed by atoms with van der Waals surface area (Å²) in [6, 6.07) is 0.633. The summed E-state index contributed by atoms with van der Waals surface area (Å²) in [6.07, 6.45) is 0.0898. The van der Waals surface area contributed by atoms with Crippen LogP contribution in [0.2, 0.25) is 0 Å². The maximum Gasteiger partial charge on any atom is 0.0816 e. The molecule has 1 heteroatoms. The van der Waals surface area contributed by atoms with Crippen molar-refractivity contribution in [2.24, 2.45) is 0 Å². The molecule has 0 aliphatic carbocycles. The SMILES string of the molecule is [2H]c1cc2c([2H])c([2H])c([2H])c([2H])c2[nH]1. The molecular weight excluding hydrogens is 110 g/mol. The second-order valence-electron chi connectivity index (χ2n) is 1.70. The second kappa shape index (κ2) is 1.62. The number of aromatic amines is 1. The molecule has 0 unspecified atom stereocenters. The number of benzene rings is 1. The molecule has 9 heavy (non-hydrogen) atoms. The minimum absolute atomic E-state index is 0.0898. The average Bonchev–Trinajstić information content (AvgIpc) is 2.54. The summed E-state index contributed by atoms with van der Waals surface area (Å²) in [5.74, 6) is 0. The largest absolute Gasteiger partial charge is 0.361 e. The second-order valence-corrected chi connectivity index (χ2v) is 1.70. The molecule has 0 aliphatic rings. The van der Waals surface area contributed by atoms with Crippen LogP contribution in [0.1, 0.15) is 6.85 Å². The third-order valence-electron chi connectivity index (χ3n) is 1.13. The molecule has 0 saturated carbocycles. The summed E-state index contributed by atoms with van der Waals surface area (Å²) in [6.45, 7) is 0. The van der Waals surface area contributed by atoms with E-state index in [9.17, 15) is 0 Å². The van der Waals surface area contributed by atoms with Crippen molar-refractivity contribution in [2.75, 3.05) is 0 Å². The summed E-state index contributed by atoms with van der Waals surface area (Å²) >= 11 is 0. The van der Waals surface area contributed by atoms with Gasteiger partial charge >= 0.3 is 0 Å². The van der Waals surface area contributed by atoms with Crippen LogP contribution >= 0.6 is 0 Å². The van der Waals surface area contributed by atoms with E-state index in [1.807, 2.05) is 0 Å². The Hall–Kier alpha value is -1.24. The number of H-pyrrole nitrogens is 1. The van der Waals surface area contributed by atoms with Crippen LogP contribution in [0.3, 0.4) is 0 Å². The first-order chi connectivity index (χ1) is 6.52. The monoisotopic (exact) mass is 122 g/mol. The van der Waals surface area contributed by atoms with Crippen LogP contribution in [-0.4, -0.2) is 4.98 Å². The first kappa shape index (κ1) is 1.87. The lowest BCUT2D eigenvalue weighted by Crippen LogP contribution is -1.61. The van der Waals surface area contributed by atoms with Gasteiger partial charge in [-0.3, -0.25) is 0 Å². The van der Waals surface area contributed by atoms with Gasteiger partial charge < -0.3 is 4.98 Å².